The van der Waals surface area contributed by atoms with Crippen LogP contribution < -0.4 is 4.90 Å². The Morgan fingerprint density at radius 2 is 1.67 bits per heavy atom. The van der Waals surface area contributed by atoms with E-state index in [2.05, 4.69) is 11.8 Å². The van der Waals surface area contributed by atoms with Gasteiger partial charge in [-0.15, -0.1) is 0 Å². The van der Waals surface area contributed by atoms with Crippen LogP contribution in [-0.4, -0.2) is 35.1 Å². The minimum Gasteiger partial charge on any atom is -0.507 e. The fourth-order valence-electron chi connectivity index (χ4n) is 2.66. The van der Waals surface area contributed by atoms with Crippen LogP contribution in [0.4, 0.5) is 5.69 Å². The zero-order chi connectivity index (χ0) is 17.7. The van der Waals surface area contributed by atoms with Gasteiger partial charge in [0.05, 0.1) is 11.1 Å². The number of carbonyl (C=O) groups is 2. The van der Waals surface area contributed by atoms with Gasteiger partial charge in [0.15, 0.2) is 5.78 Å². The van der Waals surface area contributed by atoms with Crippen molar-refractivity contribution in [1.82, 2.24) is 0 Å². The molecule has 5 nitrogen and oxygen atoms in total. The molecular formula is C19H21NO4. The van der Waals surface area contributed by atoms with Crippen LogP contribution in [0.15, 0.2) is 42.5 Å². The summed E-state index contributed by atoms with van der Waals surface area (Å²) in [4.78, 5) is 26.0. The van der Waals surface area contributed by atoms with E-state index in [1.165, 1.54) is 12.1 Å². The summed E-state index contributed by atoms with van der Waals surface area (Å²) in [6, 6.07) is 10.9. The van der Waals surface area contributed by atoms with Gasteiger partial charge < -0.3 is 15.1 Å². The quantitative estimate of drug-likeness (QED) is 0.760. The lowest BCUT2D eigenvalue weighted by Crippen LogP contribution is -2.23. The highest BCUT2D eigenvalue weighted by atomic mass is 16.4. The Balaban J connectivity index is 2.40. The van der Waals surface area contributed by atoms with Gasteiger partial charge in [-0.1, -0.05) is 25.1 Å². The Bertz CT molecular complexity index is 755. The summed E-state index contributed by atoms with van der Waals surface area (Å²) in [6.07, 6.45) is 0.973. The van der Waals surface area contributed by atoms with Gasteiger partial charge in [-0.2, -0.15) is 0 Å². The molecule has 0 aromatic heterocycles. The minimum atomic E-state index is -1.17. The van der Waals surface area contributed by atoms with Crippen molar-refractivity contribution >= 4 is 17.4 Å². The van der Waals surface area contributed by atoms with E-state index < -0.39 is 11.8 Å². The van der Waals surface area contributed by atoms with E-state index in [0.29, 0.717) is 0 Å². The first-order chi connectivity index (χ1) is 11.5. The molecule has 0 aliphatic heterocycles. The maximum atomic E-state index is 12.6. The fraction of sp³-hybridized carbons (Fsp3) is 0.263. The average molecular weight is 327 g/mol. The topological polar surface area (TPSA) is 77.8 Å². The second-order valence-corrected chi connectivity index (χ2v) is 5.46. The van der Waals surface area contributed by atoms with E-state index in [1.54, 1.807) is 30.3 Å². The van der Waals surface area contributed by atoms with Gasteiger partial charge in [0.25, 0.3) is 0 Å². The van der Waals surface area contributed by atoms with Gasteiger partial charge in [-0.05, 0) is 31.5 Å². The predicted molar refractivity (Wildman–Crippen MR) is 93.1 cm³/mol. The van der Waals surface area contributed by atoms with Crippen molar-refractivity contribution in [1.29, 1.82) is 0 Å². The third-order valence-electron chi connectivity index (χ3n) is 3.87. The van der Waals surface area contributed by atoms with Crippen molar-refractivity contribution in [2.75, 3.05) is 18.0 Å². The molecule has 0 spiro atoms. The van der Waals surface area contributed by atoms with E-state index in [4.69, 9.17) is 0 Å². The molecule has 2 N–H and O–H groups in total. The van der Waals surface area contributed by atoms with Crippen LogP contribution in [0.1, 0.15) is 46.5 Å². The molecule has 0 bridgehead atoms. The van der Waals surface area contributed by atoms with Gasteiger partial charge >= 0.3 is 5.97 Å². The van der Waals surface area contributed by atoms with Crippen molar-refractivity contribution in [3.8, 4) is 5.75 Å². The van der Waals surface area contributed by atoms with E-state index in [0.717, 1.165) is 25.2 Å². The fourth-order valence-corrected chi connectivity index (χ4v) is 2.66. The number of hydrogen-bond donors (Lipinski definition) is 2. The Kier molecular flexibility index (Phi) is 5.58. The molecule has 0 aliphatic rings. The number of benzene rings is 2. The highest BCUT2D eigenvalue weighted by Crippen LogP contribution is 2.27. The highest BCUT2D eigenvalue weighted by Gasteiger charge is 2.20. The van der Waals surface area contributed by atoms with Gasteiger partial charge in [0, 0.05) is 30.4 Å². The summed E-state index contributed by atoms with van der Waals surface area (Å²) < 4.78 is 0. The lowest BCUT2D eigenvalue weighted by Gasteiger charge is -2.23. The standard InChI is InChI=1S/C19H21NO4/c1-3-11-20(4-2)13-9-10-16(17(21)12-13)18(22)14-7-5-6-8-15(14)19(23)24/h5-10,12,21H,3-4,11H2,1-2H3,(H,23,24). The van der Waals surface area contributed by atoms with Crippen LogP contribution in [0, 0.1) is 0 Å². The van der Waals surface area contributed by atoms with E-state index >= 15 is 0 Å². The van der Waals surface area contributed by atoms with Gasteiger partial charge in [-0.25, -0.2) is 4.79 Å². The molecule has 0 atom stereocenters. The molecule has 24 heavy (non-hydrogen) atoms. The number of carboxylic acids is 1. The number of aromatic hydroxyl groups is 1. The molecule has 0 saturated carbocycles. The molecule has 5 heteroatoms. The molecule has 2 aromatic rings. The Labute approximate surface area is 141 Å². The van der Waals surface area contributed by atoms with Crippen LogP contribution in [0.5, 0.6) is 5.75 Å². The molecule has 0 radical (unpaired) electrons. The monoisotopic (exact) mass is 327 g/mol. The molecule has 0 unspecified atom stereocenters. The number of carbonyl (C=O) groups excluding carboxylic acids is 1. The Hall–Kier alpha value is -2.82. The molecular weight excluding hydrogens is 306 g/mol. The first-order valence-electron chi connectivity index (χ1n) is 7.94. The highest BCUT2D eigenvalue weighted by molar-refractivity contribution is 6.15. The van der Waals surface area contributed by atoms with Gasteiger partial charge in [-0.3, -0.25) is 4.79 Å². The maximum absolute atomic E-state index is 12.6. The third kappa shape index (κ3) is 3.56. The van der Waals surface area contributed by atoms with Crippen LogP contribution in [0.2, 0.25) is 0 Å². The lowest BCUT2D eigenvalue weighted by molar-refractivity contribution is 0.0692. The smallest absolute Gasteiger partial charge is 0.336 e. The molecule has 0 amide bonds. The number of nitrogens with zero attached hydrogens (tertiary/aromatic N) is 1. The summed E-state index contributed by atoms with van der Waals surface area (Å²) >= 11 is 0. The number of rotatable bonds is 7. The molecule has 0 heterocycles. The summed E-state index contributed by atoms with van der Waals surface area (Å²) in [5, 5.41) is 19.5. The molecule has 0 saturated heterocycles. The SMILES string of the molecule is CCCN(CC)c1ccc(C(=O)c2ccccc2C(=O)O)c(O)c1. The number of aromatic carboxylic acids is 1. The summed E-state index contributed by atoms with van der Waals surface area (Å²) in [6.45, 7) is 5.74. The molecule has 0 aliphatic carbocycles. The van der Waals surface area contributed by atoms with Gasteiger partial charge in [0.2, 0.25) is 0 Å². The first kappa shape index (κ1) is 17.5. The van der Waals surface area contributed by atoms with Crippen LogP contribution in [0.25, 0.3) is 0 Å². The zero-order valence-corrected chi connectivity index (χ0v) is 13.8. The number of phenolic OH excluding ortho intramolecular Hbond substituents is 1. The minimum absolute atomic E-state index is 0.0638. The predicted octanol–water partition coefficient (Wildman–Crippen LogP) is 3.56. The number of phenols is 1. The maximum Gasteiger partial charge on any atom is 0.336 e. The molecule has 0 fully saturated rings. The van der Waals surface area contributed by atoms with Crippen molar-refractivity contribution in [2.24, 2.45) is 0 Å². The average Bonchev–Trinajstić information content (AvgIpc) is 2.59. The Morgan fingerprint density at radius 3 is 2.21 bits per heavy atom. The van der Waals surface area contributed by atoms with E-state index in [1.807, 2.05) is 6.92 Å². The number of anilines is 1. The Morgan fingerprint density at radius 1 is 1.00 bits per heavy atom. The molecule has 2 aromatic carbocycles. The zero-order valence-electron chi connectivity index (χ0n) is 13.8. The van der Waals surface area contributed by atoms with Crippen molar-refractivity contribution in [3.63, 3.8) is 0 Å². The molecule has 2 rings (SSSR count). The van der Waals surface area contributed by atoms with E-state index in [9.17, 15) is 19.8 Å². The third-order valence-corrected chi connectivity index (χ3v) is 3.87. The summed E-state index contributed by atoms with van der Waals surface area (Å²) in [5.74, 6) is -1.82. The second-order valence-electron chi connectivity index (χ2n) is 5.46. The molecule has 126 valence electrons. The van der Waals surface area contributed by atoms with Gasteiger partial charge in [0.1, 0.15) is 5.75 Å². The lowest BCUT2D eigenvalue weighted by atomic mass is 9.97. The number of hydrogen-bond acceptors (Lipinski definition) is 4. The normalized spacial score (nSPS) is 10.4. The van der Waals surface area contributed by atoms with E-state index in [-0.39, 0.29) is 22.4 Å². The summed E-state index contributed by atoms with van der Waals surface area (Å²) in [5.41, 5.74) is 0.918. The second kappa shape index (κ2) is 7.64. The van der Waals surface area contributed by atoms with Crippen molar-refractivity contribution < 1.29 is 19.8 Å². The largest absolute Gasteiger partial charge is 0.507 e. The van der Waals surface area contributed by atoms with Crippen LogP contribution >= 0.6 is 0 Å². The summed E-state index contributed by atoms with van der Waals surface area (Å²) in [7, 11) is 0. The number of carboxylic acid groups (broad SMARTS) is 1. The number of ketones is 1. The van der Waals surface area contributed by atoms with Crippen molar-refractivity contribution in [3.05, 3.63) is 59.2 Å². The van der Waals surface area contributed by atoms with Crippen LogP contribution in [0.3, 0.4) is 0 Å². The van der Waals surface area contributed by atoms with Crippen molar-refractivity contribution in [2.45, 2.75) is 20.3 Å². The van der Waals surface area contributed by atoms with Crippen LogP contribution in [-0.2, 0) is 0 Å². The first-order valence-corrected chi connectivity index (χ1v) is 7.94.